The summed E-state index contributed by atoms with van der Waals surface area (Å²) >= 11 is 5.37. The number of rotatable bonds is 1. The van der Waals surface area contributed by atoms with Gasteiger partial charge in [-0.05, 0) is 40.5 Å². The summed E-state index contributed by atoms with van der Waals surface area (Å²) in [5.74, 6) is 0. The highest BCUT2D eigenvalue weighted by atomic mass is 32.2. The van der Waals surface area contributed by atoms with E-state index in [1.54, 1.807) is 23.5 Å². The van der Waals surface area contributed by atoms with E-state index < -0.39 is 0 Å². The Kier molecular flexibility index (Phi) is 4.18. The van der Waals surface area contributed by atoms with Crippen LogP contribution in [0.3, 0.4) is 0 Å². The molecular weight excluding hydrogens is 304 g/mol. The first-order valence-electron chi connectivity index (χ1n) is 6.14. The molecule has 0 bridgehead atoms. The number of thiophene rings is 1. The van der Waals surface area contributed by atoms with Gasteiger partial charge < -0.3 is 5.73 Å². The zero-order valence-corrected chi connectivity index (χ0v) is 13.1. The molecule has 1 aliphatic carbocycles. The molecule has 0 spiro atoms. The Hall–Kier alpha value is -1.19. The van der Waals surface area contributed by atoms with E-state index in [9.17, 15) is 0 Å². The van der Waals surface area contributed by atoms with Crippen molar-refractivity contribution >= 4 is 44.7 Å². The fourth-order valence-electron chi connectivity index (χ4n) is 2.09. The lowest BCUT2D eigenvalue weighted by Crippen LogP contribution is -2.04. The molecule has 5 heteroatoms. The highest BCUT2D eigenvalue weighted by Crippen LogP contribution is 2.37. The Morgan fingerprint density at radius 2 is 1.95 bits per heavy atom. The van der Waals surface area contributed by atoms with E-state index in [4.69, 9.17) is 11.0 Å². The molecule has 3 rings (SSSR count). The topological polar surface area (TPSA) is 49.8 Å². The summed E-state index contributed by atoms with van der Waals surface area (Å²) in [6, 6.07) is 6.54. The summed E-state index contributed by atoms with van der Waals surface area (Å²) in [6.45, 7) is 0.315. The van der Waals surface area contributed by atoms with Gasteiger partial charge in [0.25, 0.3) is 0 Å². The average molecular weight is 316 g/mol. The van der Waals surface area contributed by atoms with Crippen molar-refractivity contribution in [3.05, 3.63) is 55.3 Å². The third-order valence-electron chi connectivity index (χ3n) is 3.12. The molecule has 20 heavy (non-hydrogen) atoms. The summed E-state index contributed by atoms with van der Waals surface area (Å²) in [5, 5.41) is 13.3. The summed E-state index contributed by atoms with van der Waals surface area (Å²) < 4.78 is 3.94. The second-order valence-electron chi connectivity index (χ2n) is 4.31. The highest BCUT2D eigenvalue weighted by Gasteiger charge is 2.12. The summed E-state index contributed by atoms with van der Waals surface area (Å²) in [4.78, 5) is 0. The zero-order valence-electron chi connectivity index (χ0n) is 10.6. The van der Waals surface area contributed by atoms with E-state index in [2.05, 4.69) is 35.1 Å². The van der Waals surface area contributed by atoms with Crippen LogP contribution in [0.25, 0.3) is 9.81 Å². The van der Waals surface area contributed by atoms with Crippen molar-refractivity contribution in [3.63, 3.8) is 0 Å². The third kappa shape index (κ3) is 2.65. The Morgan fingerprint density at radius 1 is 1.20 bits per heavy atom. The molecule has 0 amide bonds. The Labute approximate surface area is 130 Å². The number of nitrogens with zero attached hydrogens (tertiary/aromatic N) is 1. The number of nitriles is 1. The van der Waals surface area contributed by atoms with Gasteiger partial charge in [0, 0.05) is 21.2 Å². The van der Waals surface area contributed by atoms with Crippen molar-refractivity contribution in [3.8, 4) is 6.07 Å². The maximum Gasteiger partial charge on any atom is 0.0963 e. The van der Waals surface area contributed by atoms with Gasteiger partial charge in [-0.3, -0.25) is 0 Å². The molecule has 1 aliphatic heterocycles. The first kappa shape index (κ1) is 13.8. The van der Waals surface area contributed by atoms with Crippen LogP contribution in [-0.4, -0.2) is 6.54 Å². The molecule has 0 atom stereocenters. The summed E-state index contributed by atoms with van der Waals surface area (Å²) in [6.07, 6.45) is 4.94. The quantitative estimate of drug-likeness (QED) is 0.809. The molecule has 2 nitrogen and oxygen atoms in total. The van der Waals surface area contributed by atoms with Gasteiger partial charge in [-0.25, -0.2) is 0 Å². The van der Waals surface area contributed by atoms with Gasteiger partial charge in [0.1, 0.15) is 0 Å². The summed E-state index contributed by atoms with van der Waals surface area (Å²) in [5.41, 5.74) is 8.62. The molecule has 1 aromatic rings. The lowest BCUT2D eigenvalue weighted by atomic mass is 10.1. The Bertz CT molecular complexity index is 778. The monoisotopic (exact) mass is 316 g/mol. The third-order valence-corrected chi connectivity index (χ3v) is 6.72. The lowest BCUT2D eigenvalue weighted by molar-refractivity contribution is 1.14. The van der Waals surface area contributed by atoms with E-state index in [-0.39, 0.29) is 0 Å². The van der Waals surface area contributed by atoms with Gasteiger partial charge in [-0.15, -0.1) is 11.3 Å². The zero-order chi connectivity index (χ0) is 13.9. The van der Waals surface area contributed by atoms with Crippen molar-refractivity contribution in [1.82, 2.24) is 0 Å². The number of allylic oxidation sites excluding steroid dienone is 3. The molecule has 0 aromatic carbocycles. The average Bonchev–Trinajstić information content (AvgIpc) is 3.20. The van der Waals surface area contributed by atoms with Crippen molar-refractivity contribution in [2.24, 2.45) is 5.73 Å². The molecule has 0 fully saturated rings. The second kappa shape index (κ2) is 6.06. The Morgan fingerprint density at radius 3 is 2.65 bits per heavy atom. The van der Waals surface area contributed by atoms with Crippen molar-refractivity contribution in [1.29, 1.82) is 5.26 Å². The van der Waals surface area contributed by atoms with E-state index in [1.807, 2.05) is 17.4 Å². The first-order valence-corrected chi connectivity index (χ1v) is 8.71. The number of hydrogen-bond acceptors (Lipinski definition) is 5. The molecule has 0 unspecified atom stereocenters. The van der Waals surface area contributed by atoms with Gasteiger partial charge in [0.05, 0.1) is 10.3 Å². The number of nitrogens with two attached hydrogens (primary N) is 1. The molecule has 100 valence electrons. The van der Waals surface area contributed by atoms with Gasteiger partial charge in [-0.2, -0.15) is 5.26 Å². The summed E-state index contributed by atoms with van der Waals surface area (Å²) in [7, 11) is 0. The lowest BCUT2D eigenvalue weighted by Gasteiger charge is -1.98. The predicted molar refractivity (Wildman–Crippen MR) is 90.2 cm³/mol. The molecule has 2 aliphatic rings. The van der Waals surface area contributed by atoms with Crippen LogP contribution >= 0.6 is 34.9 Å². The fraction of sp³-hybridized carbons (Fsp3) is 0.133. The van der Waals surface area contributed by atoms with Crippen LogP contribution in [0.15, 0.2) is 46.2 Å². The molecule has 0 saturated carbocycles. The Balaban J connectivity index is 1.99. The first-order chi connectivity index (χ1) is 9.81. The van der Waals surface area contributed by atoms with Crippen molar-refractivity contribution in [2.45, 2.75) is 6.42 Å². The van der Waals surface area contributed by atoms with Gasteiger partial charge >= 0.3 is 0 Å². The van der Waals surface area contributed by atoms with Crippen LogP contribution < -0.4 is 14.8 Å². The van der Waals surface area contributed by atoms with Crippen LogP contribution in [0.1, 0.15) is 6.42 Å². The maximum absolute atomic E-state index is 9.05. The standard InChI is InChI=1S/C15H12N2S3/c16-8-12(9-17)10-1-2-11(7-10)13-3-4-14(20-13)15-18-5-6-19-15/h1-6H,7-8,16H2/b12-10-,13-11+. The second-order valence-corrected chi connectivity index (χ2v) is 7.49. The van der Waals surface area contributed by atoms with E-state index in [0.717, 1.165) is 12.0 Å². The van der Waals surface area contributed by atoms with E-state index in [0.29, 0.717) is 12.1 Å². The number of thioether (sulfide) groups is 2. The molecule has 2 N–H and O–H groups in total. The van der Waals surface area contributed by atoms with E-state index >= 15 is 0 Å². The van der Waals surface area contributed by atoms with E-state index in [1.165, 1.54) is 18.9 Å². The van der Waals surface area contributed by atoms with Gasteiger partial charge in [-0.1, -0.05) is 35.7 Å². The molecule has 2 heterocycles. The molecule has 0 radical (unpaired) electrons. The van der Waals surface area contributed by atoms with Gasteiger partial charge in [0.2, 0.25) is 0 Å². The maximum atomic E-state index is 9.05. The minimum absolute atomic E-state index is 0.315. The fourth-order valence-corrected chi connectivity index (χ4v) is 5.11. The van der Waals surface area contributed by atoms with Crippen molar-refractivity contribution in [2.75, 3.05) is 6.54 Å². The minimum Gasteiger partial charge on any atom is -0.326 e. The molecule has 1 aromatic heterocycles. The molecule has 0 saturated heterocycles. The smallest absolute Gasteiger partial charge is 0.0963 e. The highest BCUT2D eigenvalue weighted by molar-refractivity contribution is 8.34. The minimum atomic E-state index is 0.315. The molecular formula is C15H12N2S3. The van der Waals surface area contributed by atoms with Crippen molar-refractivity contribution < 1.29 is 0 Å². The van der Waals surface area contributed by atoms with Crippen LogP contribution in [0.5, 0.6) is 0 Å². The predicted octanol–water partition coefficient (Wildman–Crippen LogP) is 2.65. The van der Waals surface area contributed by atoms with Crippen LogP contribution in [0, 0.1) is 11.3 Å². The van der Waals surface area contributed by atoms with Crippen LogP contribution in [-0.2, 0) is 0 Å². The van der Waals surface area contributed by atoms with Gasteiger partial charge in [0.15, 0.2) is 0 Å². The van der Waals surface area contributed by atoms with Crippen LogP contribution in [0.2, 0.25) is 0 Å². The largest absolute Gasteiger partial charge is 0.326 e. The van der Waals surface area contributed by atoms with Crippen LogP contribution in [0.4, 0.5) is 0 Å². The SMILES string of the molecule is N#C/C(CN)=C1C=C/C(=c2/ccc(=C3SC=CS3)s2)C/1. The number of hydrogen-bond donors (Lipinski definition) is 1. The normalized spacial score (nSPS) is 22.5.